The monoisotopic (exact) mass is 672 g/mol. The molecule has 10 aromatic rings. The van der Waals surface area contributed by atoms with E-state index in [9.17, 15) is 0 Å². The summed E-state index contributed by atoms with van der Waals surface area (Å²) in [6.07, 6.45) is 0. The van der Waals surface area contributed by atoms with E-state index in [-0.39, 0.29) is 5.41 Å². The molecular formula is C53H36. The second kappa shape index (κ2) is 11.2. The molecule has 0 aliphatic heterocycles. The highest BCUT2D eigenvalue weighted by molar-refractivity contribution is 6.25. The molecular weight excluding hydrogens is 637 g/mol. The topological polar surface area (TPSA) is 0 Å². The summed E-state index contributed by atoms with van der Waals surface area (Å²) in [6.45, 7) is 4.83. The second-order valence-corrected chi connectivity index (χ2v) is 15.1. The standard InChI is InChI=1S/C53H36/c1-53(2)51-36-19-6-4-16-34(36)29-30-48(51)47-28-14-27-46(52(47)53)39-31-32-45(38-21-8-7-20-37(38)39)50-43-24-11-9-22-41(43)49(42-23-10-12-25-44(42)50)40-26-13-17-33-15-3-5-18-35(33)40/h3-32H,1-2H3. The molecule has 0 saturated carbocycles. The molecule has 0 bridgehead atoms. The van der Waals surface area contributed by atoms with Gasteiger partial charge in [-0.15, -0.1) is 0 Å². The third-order valence-corrected chi connectivity index (χ3v) is 12.0. The van der Waals surface area contributed by atoms with Crippen LogP contribution >= 0.6 is 0 Å². The molecule has 1 aliphatic carbocycles. The third-order valence-electron chi connectivity index (χ3n) is 12.0. The SMILES string of the molecule is CC1(C)c2c(cccc2-c2ccc(-c3c4ccccc4c(-c4cccc5ccccc45)c4ccccc34)c3ccccc23)-c2ccc3ccccc3c21. The number of rotatable bonds is 3. The first-order chi connectivity index (χ1) is 26.1. The Labute approximate surface area is 309 Å². The average molecular weight is 673 g/mol. The maximum atomic E-state index is 2.42. The minimum Gasteiger partial charge on any atom is -0.0616 e. The van der Waals surface area contributed by atoms with Gasteiger partial charge in [-0.25, -0.2) is 0 Å². The van der Waals surface area contributed by atoms with Crippen molar-refractivity contribution in [3.8, 4) is 44.5 Å². The molecule has 0 atom stereocenters. The van der Waals surface area contributed by atoms with Crippen LogP contribution in [-0.4, -0.2) is 0 Å². The van der Waals surface area contributed by atoms with Gasteiger partial charge in [-0.05, 0) is 109 Å². The molecule has 0 saturated heterocycles. The van der Waals surface area contributed by atoms with Crippen LogP contribution in [0.2, 0.25) is 0 Å². The summed E-state index contributed by atoms with van der Waals surface area (Å²) in [7, 11) is 0. The Balaban J connectivity index is 1.18. The van der Waals surface area contributed by atoms with Crippen LogP contribution in [0.5, 0.6) is 0 Å². The Kier molecular flexibility index (Phi) is 6.40. The van der Waals surface area contributed by atoms with E-state index in [1.165, 1.54) is 109 Å². The van der Waals surface area contributed by atoms with Crippen LogP contribution in [0.3, 0.4) is 0 Å². The first-order valence-corrected chi connectivity index (χ1v) is 18.7. The van der Waals surface area contributed by atoms with Gasteiger partial charge in [0.1, 0.15) is 0 Å². The van der Waals surface area contributed by atoms with Crippen molar-refractivity contribution in [1.82, 2.24) is 0 Å². The van der Waals surface area contributed by atoms with Crippen molar-refractivity contribution in [3.63, 3.8) is 0 Å². The summed E-state index contributed by atoms with van der Waals surface area (Å²) < 4.78 is 0. The lowest BCUT2D eigenvalue weighted by atomic mass is 9.76. The first kappa shape index (κ1) is 30.2. The average Bonchev–Trinajstić information content (AvgIpc) is 3.46. The molecule has 248 valence electrons. The van der Waals surface area contributed by atoms with Crippen LogP contribution in [0.4, 0.5) is 0 Å². The van der Waals surface area contributed by atoms with E-state index in [0.29, 0.717) is 0 Å². The molecule has 0 radical (unpaired) electrons. The fraction of sp³-hybridized carbons (Fsp3) is 0.0566. The summed E-state index contributed by atoms with van der Waals surface area (Å²) in [6, 6.07) is 67.8. The lowest BCUT2D eigenvalue weighted by molar-refractivity contribution is 0.668. The molecule has 0 N–H and O–H groups in total. The second-order valence-electron chi connectivity index (χ2n) is 15.1. The van der Waals surface area contributed by atoms with E-state index < -0.39 is 0 Å². The summed E-state index contributed by atoms with van der Waals surface area (Å²) in [5, 5.41) is 12.8. The van der Waals surface area contributed by atoms with Crippen LogP contribution in [-0.2, 0) is 5.41 Å². The zero-order chi connectivity index (χ0) is 35.3. The first-order valence-electron chi connectivity index (χ1n) is 18.7. The third kappa shape index (κ3) is 4.24. The molecule has 0 fully saturated rings. The number of fused-ring (bicyclic) bond motifs is 9. The van der Waals surface area contributed by atoms with E-state index in [1.54, 1.807) is 0 Å². The van der Waals surface area contributed by atoms with Gasteiger partial charge in [-0.1, -0.05) is 196 Å². The van der Waals surface area contributed by atoms with Gasteiger partial charge in [0.2, 0.25) is 0 Å². The predicted octanol–water partition coefficient (Wildman–Crippen LogP) is 14.8. The van der Waals surface area contributed by atoms with Gasteiger partial charge < -0.3 is 0 Å². The van der Waals surface area contributed by atoms with Gasteiger partial charge in [0.15, 0.2) is 0 Å². The maximum absolute atomic E-state index is 2.42. The van der Waals surface area contributed by atoms with E-state index >= 15 is 0 Å². The number of hydrogen-bond acceptors (Lipinski definition) is 0. The van der Waals surface area contributed by atoms with Crippen LogP contribution in [0.1, 0.15) is 25.0 Å². The van der Waals surface area contributed by atoms with Gasteiger partial charge in [0.25, 0.3) is 0 Å². The smallest absolute Gasteiger partial charge is 0.0171 e. The van der Waals surface area contributed by atoms with E-state index in [0.717, 1.165) is 0 Å². The highest BCUT2D eigenvalue weighted by atomic mass is 14.4. The van der Waals surface area contributed by atoms with Crippen LogP contribution < -0.4 is 0 Å². The number of benzene rings is 10. The molecule has 10 aromatic carbocycles. The van der Waals surface area contributed by atoms with Gasteiger partial charge in [0, 0.05) is 5.41 Å². The van der Waals surface area contributed by atoms with Crippen molar-refractivity contribution in [2.24, 2.45) is 0 Å². The highest BCUT2D eigenvalue weighted by Gasteiger charge is 2.39. The van der Waals surface area contributed by atoms with Crippen LogP contribution in [0.25, 0.3) is 98.4 Å². The Morgan fingerprint density at radius 3 is 1.23 bits per heavy atom. The van der Waals surface area contributed by atoms with Gasteiger partial charge >= 0.3 is 0 Å². The van der Waals surface area contributed by atoms with Crippen molar-refractivity contribution >= 4 is 53.9 Å². The molecule has 11 rings (SSSR count). The van der Waals surface area contributed by atoms with Crippen LogP contribution in [0.15, 0.2) is 182 Å². The Hall–Kier alpha value is -6.50. The van der Waals surface area contributed by atoms with Crippen molar-refractivity contribution in [2.75, 3.05) is 0 Å². The lowest BCUT2D eigenvalue weighted by Gasteiger charge is -2.26. The van der Waals surface area contributed by atoms with E-state index in [2.05, 4.69) is 196 Å². The zero-order valence-corrected chi connectivity index (χ0v) is 29.8. The van der Waals surface area contributed by atoms with Gasteiger partial charge in [-0.3, -0.25) is 0 Å². The molecule has 0 heterocycles. The lowest BCUT2D eigenvalue weighted by Crippen LogP contribution is -2.17. The summed E-state index contributed by atoms with van der Waals surface area (Å²) in [5.41, 5.74) is 13.1. The minimum atomic E-state index is -0.161. The van der Waals surface area contributed by atoms with Crippen molar-refractivity contribution in [2.45, 2.75) is 19.3 Å². The molecule has 0 spiro atoms. The van der Waals surface area contributed by atoms with Crippen molar-refractivity contribution in [3.05, 3.63) is 193 Å². The Morgan fingerprint density at radius 1 is 0.245 bits per heavy atom. The van der Waals surface area contributed by atoms with Crippen molar-refractivity contribution < 1.29 is 0 Å². The van der Waals surface area contributed by atoms with Gasteiger partial charge in [0.05, 0.1) is 0 Å². The predicted molar refractivity (Wildman–Crippen MR) is 228 cm³/mol. The maximum Gasteiger partial charge on any atom is 0.0171 e. The quantitative estimate of drug-likeness (QED) is 0.164. The van der Waals surface area contributed by atoms with E-state index in [4.69, 9.17) is 0 Å². The summed E-state index contributed by atoms with van der Waals surface area (Å²) in [5.74, 6) is 0. The van der Waals surface area contributed by atoms with Crippen molar-refractivity contribution in [1.29, 1.82) is 0 Å². The van der Waals surface area contributed by atoms with Gasteiger partial charge in [-0.2, -0.15) is 0 Å². The van der Waals surface area contributed by atoms with Crippen LogP contribution in [0, 0.1) is 0 Å². The zero-order valence-electron chi connectivity index (χ0n) is 29.8. The molecule has 0 nitrogen and oxygen atoms in total. The summed E-state index contributed by atoms with van der Waals surface area (Å²) >= 11 is 0. The molecule has 0 unspecified atom stereocenters. The van der Waals surface area contributed by atoms with E-state index in [1.807, 2.05) is 0 Å². The minimum absolute atomic E-state index is 0.161. The number of hydrogen-bond donors (Lipinski definition) is 0. The molecule has 0 amide bonds. The molecule has 0 heteroatoms. The fourth-order valence-corrected chi connectivity index (χ4v) is 9.87. The highest BCUT2D eigenvalue weighted by Crippen LogP contribution is 2.55. The summed E-state index contributed by atoms with van der Waals surface area (Å²) in [4.78, 5) is 0. The molecule has 1 aliphatic rings. The molecule has 53 heavy (non-hydrogen) atoms. The Morgan fingerprint density at radius 2 is 0.604 bits per heavy atom. The molecule has 0 aromatic heterocycles. The Bertz CT molecular complexity index is 3080. The largest absolute Gasteiger partial charge is 0.0616 e. The fourth-order valence-electron chi connectivity index (χ4n) is 9.87. The normalized spacial score (nSPS) is 13.2.